The fourth-order valence-corrected chi connectivity index (χ4v) is 3.72. The molecular weight excluding hydrogens is 487 g/mol. The Morgan fingerprint density at radius 2 is 1.70 bits per heavy atom. The van der Waals surface area contributed by atoms with Crippen LogP contribution >= 0.6 is 0 Å². The summed E-state index contributed by atoms with van der Waals surface area (Å²) in [6.45, 7) is 0.0214. The highest BCUT2D eigenvalue weighted by Crippen LogP contribution is 2.28. The number of amides is 1. The number of hydrogen-bond donors (Lipinski definition) is 0. The standard InChI is InChI=1S/C26H20F3N5O3/c1-33(16-18-12-13-21(30-15-18)26(27,28)29)23(35)22-20(14-17-8-4-2-5-9-17)34-25(37-22)31-24(32-34)36-19-10-6-3-7-11-19/h2-13,15H,14,16H2,1H3. The molecule has 0 unspecified atom stereocenters. The van der Waals surface area contributed by atoms with Crippen LogP contribution in [0, 0.1) is 0 Å². The Hall–Kier alpha value is -4.67. The van der Waals surface area contributed by atoms with Crippen LogP contribution < -0.4 is 4.74 Å². The number of carbonyl (C=O) groups excluding carboxylic acids is 1. The zero-order valence-corrected chi connectivity index (χ0v) is 19.5. The first-order chi connectivity index (χ1) is 17.8. The Morgan fingerprint density at radius 1 is 1.00 bits per heavy atom. The minimum atomic E-state index is -4.54. The predicted octanol–water partition coefficient (Wildman–Crippen LogP) is 5.39. The molecule has 188 valence electrons. The van der Waals surface area contributed by atoms with E-state index in [0.717, 1.165) is 17.8 Å². The van der Waals surface area contributed by atoms with Crippen LogP contribution in [-0.2, 0) is 19.1 Å². The number of nitrogens with zero attached hydrogens (tertiary/aromatic N) is 5. The van der Waals surface area contributed by atoms with E-state index in [4.69, 9.17) is 9.15 Å². The molecule has 3 aromatic heterocycles. The number of halogens is 3. The van der Waals surface area contributed by atoms with Gasteiger partial charge < -0.3 is 14.1 Å². The Labute approximate surface area is 208 Å². The molecule has 2 aromatic carbocycles. The Balaban J connectivity index is 1.44. The van der Waals surface area contributed by atoms with E-state index < -0.39 is 17.8 Å². The largest absolute Gasteiger partial charge is 0.433 e. The summed E-state index contributed by atoms with van der Waals surface area (Å²) in [5.74, 6) is 0.155. The molecule has 0 aliphatic carbocycles. The number of fused-ring (bicyclic) bond motifs is 1. The summed E-state index contributed by atoms with van der Waals surface area (Å²) in [6.07, 6.45) is -3.12. The third kappa shape index (κ3) is 5.30. The molecule has 5 aromatic rings. The number of rotatable bonds is 7. The molecule has 8 nitrogen and oxygen atoms in total. The van der Waals surface area contributed by atoms with Crippen molar-refractivity contribution in [1.29, 1.82) is 0 Å². The monoisotopic (exact) mass is 507 g/mol. The summed E-state index contributed by atoms with van der Waals surface area (Å²) in [7, 11) is 1.52. The second kappa shape index (κ2) is 9.76. The van der Waals surface area contributed by atoms with Gasteiger partial charge in [-0.3, -0.25) is 9.78 Å². The number of oxazole rings is 1. The first-order valence-corrected chi connectivity index (χ1v) is 11.2. The van der Waals surface area contributed by atoms with Gasteiger partial charge in [0.2, 0.25) is 5.76 Å². The number of carbonyl (C=O) groups is 1. The second-order valence-electron chi connectivity index (χ2n) is 8.25. The predicted molar refractivity (Wildman–Crippen MR) is 126 cm³/mol. The Bertz CT molecular complexity index is 1510. The smallest absolute Gasteiger partial charge is 0.423 e. The maximum Gasteiger partial charge on any atom is 0.433 e. The van der Waals surface area contributed by atoms with Crippen LogP contribution in [0.25, 0.3) is 5.84 Å². The maximum atomic E-state index is 13.4. The Morgan fingerprint density at radius 3 is 2.35 bits per heavy atom. The lowest BCUT2D eigenvalue weighted by molar-refractivity contribution is -0.141. The van der Waals surface area contributed by atoms with Crippen LogP contribution in [0.1, 0.15) is 33.1 Å². The fourth-order valence-electron chi connectivity index (χ4n) is 3.72. The van der Waals surface area contributed by atoms with Gasteiger partial charge in [0.25, 0.3) is 5.91 Å². The summed E-state index contributed by atoms with van der Waals surface area (Å²) >= 11 is 0. The van der Waals surface area contributed by atoms with Gasteiger partial charge in [-0.25, -0.2) is 0 Å². The van der Waals surface area contributed by atoms with Crippen molar-refractivity contribution >= 4 is 11.8 Å². The molecule has 37 heavy (non-hydrogen) atoms. The SMILES string of the molecule is CN(Cc1ccc(C(F)(F)F)nc1)C(=O)c1oc2nc(Oc3ccccc3)nn2c1Cc1ccccc1. The lowest BCUT2D eigenvalue weighted by Crippen LogP contribution is -2.27. The van der Waals surface area contributed by atoms with Crippen LogP contribution in [0.5, 0.6) is 11.8 Å². The van der Waals surface area contributed by atoms with Crippen molar-refractivity contribution in [3.8, 4) is 11.8 Å². The van der Waals surface area contributed by atoms with Crippen molar-refractivity contribution in [3.05, 3.63) is 107 Å². The lowest BCUT2D eigenvalue weighted by atomic mass is 10.1. The van der Waals surface area contributed by atoms with Crippen LogP contribution in [0.2, 0.25) is 0 Å². The average molecular weight is 507 g/mol. The number of hydrogen-bond acceptors (Lipinski definition) is 6. The number of pyridine rings is 1. The van der Waals surface area contributed by atoms with Gasteiger partial charge in [0, 0.05) is 26.2 Å². The molecule has 0 saturated carbocycles. The number of aromatic nitrogens is 4. The maximum absolute atomic E-state index is 13.4. The first kappa shape index (κ1) is 24.0. The van der Waals surface area contributed by atoms with Gasteiger partial charge in [-0.15, -0.1) is 10.1 Å². The molecule has 5 rings (SSSR count). The summed E-state index contributed by atoms with van der Waals surface area (Å²) in [4.78, 5) is 22.4. The van der Waals surface area contributed by atoms with Crippen molar-refractivity contribution in [2.45, 2.75) is 19.1 Å². The minimum absolute atomic E-state index is 0.0208. The number of benzene rings is 2. The molecule has 3 heterocycles. The van der Waals surface area contributed by atoms with E-state index in [1.54, 1.807) is 12.1 Å². The van der Waals surface area contributed by atoms with E-state index in [9.17, 15) is 18.0 Å². The molecule has 0 saturated heterocycles. The van der Waals surface area contributed by atoms with Crippen LogP contribution in [-0.4, -0.2) is 37.4 Å². The molecule has 0 N–H and O–H groups in total. The van der Waals surface area contributed by atoms with Crippen molar-refractivity contribution in [2.24, 2.45) is 0 Å². The molecule has 0 radical (unpaired) electrons. The van der Waals surface area contributed by atoms with E-state index in [2.05, 4.69) is 15.1 Å². The van der Waals surface area contributed by atoms with Gasteiger partial charge in [-0.2, -0.15) is 17.7 Å². The summed E-state index contributed by atoms with van der Waals surface area (Å²) in [5.41, 5.74) is 0.803. The quantitative estimate of drug-likeness (QED) is 0.294. The van der Waals surface area contributed by atoms with Crippen molar-refractivity contribution in [3.63, 3.8) is 0 Å². The highest BCUT2D eigenvalue weighted by Gasteiger charge is 2.32. The molecule has 0 bridgehead atoms. The van der Waals surface area contributed by atoms with Gasteiger partial charge in [0.1, 0.15) is 17.1 Å². The topological polar surface area (TPSA) is 85.8 Å². The zero-order chi connectivity index (χ0) is 26.0. The number of alkyl halides is 3. The van der Waals surface area contributed by atoms with E-state index in [-0.39, 0.29) is 24.2 Å². The van der Waals surface area contributed by atoms with Crippen molar-refractivity contribution in [1.82, 2.24) is 24.5 Å². The van der Waals surface area contributed by atoms with Gasteiger partial charge in [0.05, 0.1) is 0 Å². The highest BCUT2D eigenvalue weighted by atomic mass is 19.4. The molecule has 0 fully saturated rings. The molecular formula is C26H20F3N5O3. The molecule has 1 amide bonds. The van der Waals surface area contributed by atoms with E-state index >= 15 is 0 Å². The fraction of sp³-hybridized carbons (Fsp3) is 0.154. The van der Waals surface area contributed by atoms with Gasteiger partial charge >= 0.3 is 18.0 Å². The lowest BCUT2D eigenvalue weighted by Gasteiger charge is -2.16. The van der Waals surface area contributed by atoms with Gasteiger partial charge in [-0.1, -0.05) is 54.6 Å². The normalized spacial score (nSPS) is 11.6. The number of para-hydroxylation sites is 1. The molecule has 0 aliphatic rings. The summed E-state index contributed by atoms with van der Waals surface area (Å²) in [5, 5.41) is 4.39. The summed E-state index contributed by atoms with van der Waals surface area (Å²) < 4.78 is 51.4. The molecule has 0 aliphatic heterocycles. The van der Waals surface area contributed by atoms with Gasteiger partial charge in [0.15, 0.2) is 0 Å². The number of ether oxygens (including phenoxy) is 1. The zero-order valence-electron chi connectivity index (χ0n) is 19.5. The first-order valence-electron chi connectivity index (χ1n) is 11.2. The van der Waals surface area contributed by atoms with E-state index in [1.807, 2.05) is 48.5 Å². The highest BCUT2D eigenvalue weighted by molar-refractivity contribution is 5.93. The van der Waals surface area contributed by atoms with Gasteiger partial charge in [-0.05, 0) is 29.3 Å². The van der Waals surface area contributed by atoms with Crippen molar-refractivity contribution < 1.29 is 27.1 Å². The Kier molecular flexibility index (Phi) is 6.34. The minimum Gasteiger partial charge on any atom is -0.423 e. The van der Waals surface area contributed by atoms with Crippen LogP contribution in [0.4, 0.5) is 13.2 Å². The van der Waals surface area contributed by atoms with Crippen LogP contribution in [0.3, 0.4) is 0 Å². The third-order valence-corrected chi connectivity index (χ3v) is 5.51. The molecule has 0 atom stereocenters. The van der Waals surface area contributed by atoms with Crippen LogP contribution in [0.15, 0.2) is 83.4 Å². The van der Waals surface area contributed by atoms with E-state index in [0.29, 0.717) is 23.4 Å². The third-order valence-electron chi connectivity index (χ3n) is 5.51. The molecule has 0 spiro atoms. The average Bonchev–Trinajstić information content (AvgIpc) is 3.42. The van der Waals surface area contributed by atoms with E-state index in [1.165, 1.54) is 22.5 Å². The molecule has 11 heteroatoms. The van der Waals surface area contributed by atoms with Crippen molar-refractivity contribution in [2.75, 3.05) is 7.05 Å². The summed E-state index contributed by atoms with van der Waals surface area (Å²) in [6, 6.07) is 20.7. The second-order valence-corrected chi connectivity index (χ2v) is 8.25.